The molecule has 3 aliphatic carbocycles. The van der Waals surface area contributed by atoms with Crippen molar-refractivity contribution < 1.29 is 9.59 Å². The average molecular weight is 391 g/mol. The molecule has 150 valence electrons. The first-order chi connectivity index (χ1) is 12.8. The van der Waals surface area contributed by atoms with Crippen LogP contribution < -0.4 is 5.32 Å². The van der Waals surface area contributed by atoms with Crippen molar-refractivity contribution >= 4 is 23.6 Å². The minimum Gasteiger partial charge on any atom is -0.350 e. The molecule has 27 heavy (non-hydrogen) atoms. The van der Waals surface area contributed by atoms with Crippen molar-refractivity contribution in [2.45, 2.75) is 57.7 Å². The molecular formula is C22H34N2O2S. The second-order valence-corrected chi connectivity index (χ2v) is 10.9. The van der Waals surface area contributed by atoms with E-state index < -0.39 is 0 Å². The standard InChI is InChI=1S/C22H34N2O2S/c1-13-7-5-6-8-15(13)21(26)24-11-18(19(12-24)27-4)23-20(25)14-9-16-17(10-14)22(16,2)3/h5-6,13-19H,7-12H2,1-4H3,(H,23,25)/t13-,14?,15-,16-,17+,18-,19-/m1/s1. The summed E-state index contributed by atoms with van der Waals surface area (Å²) < 4.78 is 0. The molecule has 4 nitrogen and oxygen atoms in total. The summed E-state index contributed by atoms with van der Waals surface area (Å²) in [6, 6.07) is 0.0934. The highest BCUT2D eigenvalue weighted by Crippen LogP contribution is 2.68. The second kappa shape index (κ2) is 7.13. The number of hydrogen-bond acceptors (Lipinski definition) is 3. The van der Waals surface area contributed by atoms with Crippen LogP contribution in [0.15, 0.2) is 12.2 Å². The van der Waals surface area contributed by atoms with Crippen LogP contribution in [0.2, 0.25) is 0 Å². The van der Waals surface area contributed by atoms with Gasteiger partial charge in [-0.2, -0.15) is 11.8 Å². The number of carbonyl (C=O) groups is 2. The number of allylic oxidation sites excluding steroid dienone is 2. The number of amides is 2. The van der Waals surface area contributed by atoms with Gasteiger partial charge in [-0.05, 0) is 55.1 Å². The van der Waals surface area contributed by atoms with Gasteiger partial charge in [-0.15, -0.1) is 0 Å². The van der Waals surface area contributed by atoms with Gasteiger partial charge in [-0.1, -0.05) is 32.9 Å². The third kappa shape index (κ3) is 3.45. The summed E-state index contributed by atoms with van der Waals surface area (Å²) in [5.41, 5.74) is 0.459. The van der Waals surface area contributed by atoms with Gasteiger partial charge in [0, 0.05) is 30.2 Å². The Morgan fingerprint density at radius 3 is 2.41 bits per heavy atom. The maximum absolute atomic E-state index is 13.1. The van der Waals surface area contributed by atoms with Crippen molar-refractivity contribution in [1.29, 1.82) is 0 Å². The zero-order chi connectivity index (χ0) is 19.3. The summed E-state index contributed by atoms with van der Waals surface area (Å²) >= 11 is 1.78. The van der Waals surface area contributed by atoms with Crippen LogP contribution >= 0.6 is 11.8 Å². The van der Waals surface area contributed by atoms with Crippen LogP contribution in [-0.4, -0.2) is 47.4 Å². The molecule has 1 aliphatic heterocycles. The molecule has 0 aromatic carbocycles. The molecule has 0 aromatic heterocycles. The Labute approximate surface area is 167 Å². The van der Waals surface area contributed by atoms with E-state index in [-0.39, 0.29) is 29.7 Å². The lowest BCUT2D eigenvalue weighted by Crippen LogP contribution is -2.45. The Bertz CT molecular complexity index is 632. The van der Waals surface area contributed by atoms with E-state index in [1.165, 1.54) is 0 Å². The van der Waals surface area contributed by atoms with Crippen LogP contribution in [0, 0.1) is 35.0 Å². The third-order valence-electron chi connectivity index (χ3n) is 8.01. The maximum Gasteiger partial charge on any atom is 0.226 e. The van der Waals surface area contributed by atoms with E-state index in [2.05, 4.69) is 44.5 Å². The quantitative estimate of drug-likeness (QED) is 0.749. The molecule has 4 rings (SSSR count). The highest BCUT2D eigenvalue weighted by Gasteiger charge is 2.63. The molecule has 0 spiro atoms. The van der Waals surface area contributed by atoms with Crippen LogP contribution in [0.4, 0.5) is 0 Å². The molecule has 1 saturated heterocycles. The fraction of sp³-hybridized carbons (Fsp3) is 0.818. The highest BCUT2D eigenvalue weighted by molar-refractivity contribution is 7.99. The second-order valence-electron chi connectivity index (χ2n) is 9.86. The summed E-state index contributed by atoms with van der Waals surface area (Å²) in [5, 5.41) is 3.63. The van der Waals surface area contributed by atoms with Crippen LogP contribution in [0.3, 0.4) is 0 Å². The molecule has 2 amide bonds. The zero-order valence-corrected chi connectivity index (χ0v) is 17.9. The average Bonchev–Trinajstić information content (AvgIpc) is 3.07. The molecule has 5 heteroatoms. The normalized spacial score (nSPS) is 42.1. The van der Waals surface area contributed by atoms with E-state index in [1.54, 1.807) is 11.8 Å². The molecule has 2 saturated carbocycles. The van der Waals surface area contributed by atoms with E-state index in [4.69, 9.17) is 0 Å². The molecule has 3 fully saturated rings. The van der Waals surface area contributed by atoms with Gasteiger partial charge in [-0.3, -0.25) is 9.59 Å². The lowest BCUT2D eigenvalue weighted by Gasteiger charge is -2.29. The Kier molecular flexibility index (Phi) is 5.11. The number of likely N-dealkylation sites (tertiary alicyclic amines) is 1. The predicted octanol–water partition coefficient (Wildman–Crippen LogP) is 3.33. The smallest absolute Gasteiger partial charge is 0.226 e. The van der Waals surface area contributed by atoms with Crippen molar-refractivity contribution in [3.05, 3.63) is 12.2 Å². The van der Waals surface area contributed by atoms with Crippen molar-refractivity contribution in [2.75, 3.05) is 19.3 Å². The predicted molar refractivity (Wildman–Crippen MR) is 110 cm³/mol. The van der Waals surface area contributed by atoms with Crippen LogP contribution in [0.5, 0.6) is 0 Å². The Balaban J connectivity index is 1.34. The lowest BCUT2D eigenvalue weighted by atomic mass is 9.83. The topological polar surface area (TPSA) is 49.4 Å². The van der Waals surface area contributed by atoms with Crippen molar-refractivity contribution in [2.24, 2.45) is 35.0 Å². The minimum absolute atomic E-state index is 0.0934. The summed E-state index contributed by atoms with van der Waals surface area (Å²) in [7, 11) is 0. The van der Waals surface area contributed by atoms with Gasteiger partial charge < -0.3 is 10.2 Å². The molecular weight excluding hydrogens is 356 g/mol. The van der Waals surface area contributed by atoms with Crippen molar-refractivity contribution in [3.8, 4) is 0 Å². The first-order valence-corrected chi connectivity index (χ1v) is 11.9. The van der Waals surface area contributed by atoms with Crippen LogP contribution in [0.25, 0.3) is 0 Å². The molecule has 1 N–H and O–H groups in total. The monoisotopic (exact) mass is 390 g/mol. The Hall–Kier alpha value is -0.970. The number of rotatable bonds is 4. The third-order valence-corrected chi connectivity index (χ3v) is 9.10. The summed E-state index contributed by atoms with van der Waals surface area (Å²) in [6.07, 6.45) is 10.4. The van der Waals surface area contributed by atoms with Gasteiger partial charge in [0.25, 0.3) is 0 Å². The fourth-order valence-corrected chi connectivity index (χ4v) is 6.69. The number of thioether (sulfide) groups is 1. The van der Waals surface area contributed by atoms with E-state index in [0.29, 0.717) is 23.1 Å². The SMILES string of the molecule is CS[C@@H]1CN(C(=O)[C@@H]2CC=CC[C@H]2C)C[C@H]1NC(=O)C1C[C@@H]2[C@H](C1)C2(C)C. The molecule has 0 radical (unpaired) electrons. The molecule has 7 atom stereocenters. The first kappa shape index (κ1) is 19.4. The number of nitrogens with one attached hydrogen (secondary N) is 1. The number of fused-ring (bicyclic) bond motifs is 1. The maximum atomic E-state index is 13.1. The van der Waals surface area contributed by atoms with Gasteiger partial charge in [-0.25, -0.2) is 0 Å². The van der Waals surface area contributed by atoms with Gasteiger partial charge in [0.2, 0.25) is 11.8 Å². The van der Waals surface area contributed by atoms with E-state index >= 15 is 0 Å². The molecule has 0 bridgehead atoms. The molecule has 4 aliphatic rings. The van der Waals surface area contributed by atoms with Gasteiger partial charge >= 0.3 is 0 Å². The zero-order valence-electron chi connectivity index (χ0n) is 17.1. The van der Waals surface area contributed by atoms with E-state index in [1.807, 2.05) is 4.90 Å². The van der Waals surface area contributed by atoms with Crippen molar-refractivity contribution in [3.63, 3.8) is 0 Å². The summed E-state index contributed by atoms with van der Waals surface area (Å²) in [6.45, 7) is 8.29. The molecule has 1 unspecified atom stereocenters. The van der Waals surface area contributed by atoms with E-state index in [9.17, 15) is 9.59 Å². The van der Waals surface area contributed by atoms with Gasteiger partial charge in [0.1, 0.15) is 0 Å². The Morgan fingerprint density at radius 2 is 1.78 bits per heavy atom. The van der Waals surface area contributed by atoms with Crippen LogP contribution in [0.1, 0.15) is 46.5 Å². The largest absolute Gasteiger partial charge is 0.350 e. The fourth-order valence-electron chi connectivity index (χ4n) is 5.88. The summed E-state index contributed by atoms with van der Waals surface area (Å²) in [5.74, 6) is 2.70. The molecule has 1 heterocycles. The molecule has 0 aromatic rings. The van der Waals surface area contributed by atoms with Gasteiger partial charge in [0.15, 0.2) is 0 Å². The first-order valence-electron chi connectivity index (χ1n) is 10.6. The minimum atomic E-state index is 0.0934. The lowest BCUT2D eigenvalue weighted by molar-refractivity contribution is -0.136. The highest BCUT2D eigenvalue weighted by atomic mass is 32.2. The number of nitrogens with zero attached hydrogens (tertiary/aromatic N) is 1. The number of carbonyl (C=O) groups excluding carboxylic acids is 2. The van der Waals surface area contributed by atoms with Crippen LogP contribution in [-0.2, 0) is 9.59 Å². The Morgan fingerprint density at radius 1 is 1.11 bits per heavy atom. The van der Waals surface area contributed by atoms with Gasteiger partial charge in [0.05, 0.1) is 6.04 Å². The summed E-state index contributed by atoms with van der Waals surface area (Å²) in [4.78, 5) is 27.9. The van der Waals surface area contributed by atoms with Crippen molar-refractivity contribution in [1.82, 2.24) is 10.2 Å². The van der Waals surface area contributed by atoms with E-state index in [0.717, 1.165) is 44.1 Å². The number of hydrogen-bond donors (Lipinski definition) is 1.